The summed E-state index contributed by atoms with van der Waals surface area (Å²) in [5.41, 5.74) is 9.42. The number of ether oxygens (including phenoxy) is 3. The number of nitrogens with zero attached hydrogens (tertiary/aromatic N) is 3. The van der Waals surface area contributed by atoms with Crippen LogP contribution in [0.4, 0.5) is 11.8 Å². The standard InChI is InChI=1S/C20H22N4O3/c1-25-16-6-4-5-12-7-8-24(11-14(12)16)20-22-15-10-18(27-3)17(26-2)9-13(15)19(21)23-20/h4-6,9-10H,7-8,11H2,1-3H3,(H2,21,22,23). The predicted molar refractivity (Wildman–Crippen MR) is 105 cm³/mol. The van der Waals surface area contributed by atoms with E-state index in [1.807, 2.05) is 24.3 Å². The molecule has 0 amide bonds. The number of aromatic nitrogens is 2. The molecule has 3 aromatic rings. The van der Waals surface area contributed by atoms with E-state index in [-0.39, 0.29) is 0 Å². The van der Waals surface area contributed by atoms with Gasteiger partial charge in [0.1, 0.15) is 11.6 Å². The number of benzene rings is 2. The molecule has 0 atom stereocenters. The lowest BCUT2D eigenvalue weighted by Crippen LogP contribution is -2.32. The maximum Gasteiger partial charge on any atom is 0.228 e. The van der Waals surface area contributed by atoms with E-state index >= 15 is 0 Å². The smallest absolute Gasteiger partial charge is 0.228 e. The minimum atomic E-state index is 0.418. The molecule has 2 aromatic carbocycles. The third-order valence-corrected chi connectivity index (χ3v) is 4.95. The second-order valence-corrected chi connectivity index (χ2v) is 6.40. The van der Waals surface area contributed by atoms with Crippen LogP contribution in [0.1, 0.15) is 11.1 Å². The first-order valence-electron chi connectivity index (χ1n) is 8.73. The summed E-state index contributed by atoms with van der Waals surface area (Å²) in [5, 5.41) is 0.742. The highest BCUT2D eigenvalue weighted by Crippen LogP contribution is 2.35. The Bertz CT molecular complexity index is 992. The monoisotopic (exact) mass is 366 g/mol. The molecule has 0 aliphatic carbocycles. The molecule has 7 heteroatoms. The van der Waals surface area contributed by atoms with Gasteiger partial charge in [-0.05, 0) is 24.1 Å². The SMILES string of the molecule is COc1cc2nc(N3CCc4cccc(OC)c4C3)nc(N)c2cc1OC. The Balaban J connectivity index is 1.76. The van der Waals surface area contributed by atoms with Crippen molar-refractivity contribution in [2.24, 2.45) is 0 Å². The van der Waals surface area contributed by atoms with Crippen molar-refractivity contribution in [3.63, 3.8) is 0 Å². The lowest BCUT2D eigenvalue weighted by Gasteiger charge is -2.30. The highest BCUT2D eigenvalue weighted by atomic mass is 16.5. The summed E-state index contributed by atoms with van der Waals surface area (Å²) in [5.74, 6) is 3.12. The fourth-order valence-electron chi connectivity index (χ4n) is 3.52. The summed E-state index contributed by atoms with van der Waals surface area (Å²) >= 11 is 0. The van der Waals surface area contributed by atoms with E-state index < -0.39 is 0 Å². The van der Waals surface area contributed by atoms with E-state index in [9.17, 15) is 0 Å². The van der Waals surface area contributed by atoms with Crippen LogP contribution in [0, 0.1) is 0 Å². The van der Waals surface area contributed by atoms with Crippen molar-refractivity contribution in [1.29, 1.82) is 0 Å². The normalized spacial score (nSPS) is 13.4. The van der Waals surface area contributed by atoms with E-state index in [1.54, 1.807) is 21.3 Å². The molecule has 0 unspecified atom stereocenters. The van der Waals surface area contributed by atoms with Gasteiger partial charge >= 0.3 is 0 Å². The number of nitrogens with two attached hydrogens (primary N) is 1. The summed E-state index contributed by atoms with van der Waals surface area (Å²) in [6.07, 6.45) is 0.903. The van der Waals surface area contributed by atoms with E-state index in [0.717, 1.165) is 29.6 Å². The molecule has 27 heavy (non-hydrogen) atoms. The molecule has 0 spiro atoms. The topological polar surface area (TPSA) is 82.7 Å². The van der Waals surface area contributed by atoms with Gasteiger partial charge in [0.15, 0.2) is 11.5 Å². The first kappa shape index (κ1) is 17.2. The summed E-state index contributed by atoms with van der Waals surface area (Å²) in [6, 6.07) is 9.78. The van der Waals surface area contributed by atoms with Gasteiger partial charge in [-0.25, -0.2) is 4.98 Å². The third kappa shape index (κ3) is 2.95. The Kier molecular flexibility index (Phi) is 4.35. The van der Waals surface area contributed by atoms with Crippen LogP contribution in [0.25, 0.3) is 10.9 Å². The molecule has 0 fully saturated rings. The number of hydrogen-bond donors (Lipinski definition) is 1. The maximum atomic E-state index is 6.23. The third-order valence-electron chi connectivity index (χ3n) is 4.95. The van der Waals surface area contributed by atoms with E-state index in [4.69, 9.17) is 24.9 Å². The molecule has 0 saturated carbocycles. The van der Waals surface area contributed by atoms with Crippen LogP contribution in [0.2, 0.25) is 0 Å². The fourth-order valence-corrected chi connectivity index (χ4v) is 3.52. The average molecular weight is 366 g/mol. The summed E-state index contributed by atoms with van der Waals surface area (Å²) < 4.78 is 16.3. The van der Waals surface area contributed by atoms with Crippen molar-refractivity contribution in [2.75, 3.05) is 38.5 Å². The Hall–Kier alpha value is -3.22. The van der Waals surface area contributed by atoms with Crippen LogP contribution in [0.15, 0.2) is 30.3 Å². The zero-order valence-corrected chi connectivity index (χ0v) is 15.7. The van der Waals surface area contributed by atoms with Crippen LogP contribution in [0.5, 0.6) is 17.2 Å². The van der Waals surface area contributed by atoms with Gasteiger partial charge in [-0.3, -0.25) is 0 Å². The average Bonchev–Trinajstić information content (AvgIpc) is 2.71. The first-order valence-corrected chi connectivity index (χ1v) is 8.73. The largest absolute Gasteiger partial charge is 0.496 e. The summed E-state index contributed by atoms with van der Waals surface area (Å²) in [6.45, 7) is 1.50. The highest BCUT2D eigenvalue weighted by Gasteiger charge is 2.22. The molecule has 140 valence electrons. The van der Waals surface area contributed by atoms with Gasteiger partial charge in [0, 0.05) is 30.1 Å². The minimum Gasteiger partial charge on any atom is -0.496 e. The molecule has 0 saturated heterocycles. The van der Waals surface area contributed by atoms with Crippen molar-refractivity contribution >= 4 is 22.7 Å². The molecule has 1 aliphatic heterocycles. The lowest BCUT2D eigenvalue weighted by atomic mass is 9.99. The van der Waals surface area contributed by atoms with Gasteiger partial charge in [-0.2, -0.15) is 4.98 Å². The van der Waals surface area contributed by atoms with Crippen LogP contribution in [0.3, 0.4) is 0 Å². The number of fused-ring (bicyclic) bond motifs is 2. The summed E-state index contributed by atoms with van der Waals surface area (Å²) in [4.78, 5) is 11.4. The highest BCUT2D eigenvalue weighted by molar-refractivity contribution is 5.91. The van der Waals surface area contributed by atoms with Gasteiger partial charge in [-0.1, -0.05) is 12.1 Å². The van der Waals surface area contributed by atoms with Crippen molar-refractivity contribution in [3.8, 4) is 17.2 Å². The number of methoxy groups -OCH3 is 3. The fraction of sp³-hybridized carbons (Fsp3) is 0.300. The number of hydrogen-bond acceptors (Lipinski definition) is 7. The van der Waals surface area contributed by atoms with Crippen LogP contribution >= 0.6 is 0 Å². The number of nitrogen functional groups attached to an aromatic ring is 1. The number of anilines is 2. The molecule has 2 heterocycles. The van der Waals surface area contributed by atoms with E-state index in [2.05, 4.69) is 16.0 Å². The Morgan fingerprint density at radius 3 is 2.44 bits per heavy atom. The maximum absolute atomic E-state index is 6.23. The van der Waals surface area contributed by atoms with Crippen molar-refractivity contribution < 1.29 is 14.2 Å². The van der Waals surface area contributed by atoms with E-state index in [0.29, 0.717) is 29.8 Å². The second-order valence-electron chi connectivity index (χ2n) is 6.40. The Labute approximate surface area is 157 Å². The Morgan fingerprint density at radius 2 is 1.70 bits per heavy atom. The van der Waals surface area contributed by atoms with Crippen molar-refractivity contribution in [2.45, 2.75) is 13.0 Å². The predicted octanol–water partition coefficient (Wildman–Crippen LogP) is 2.80. The minimum absolute atomic E-state index is 0.418. The van der Waals surface area contributed by atoms with Gasteiger partial charge in [-0.15, -0.1) is 0 Å². The Morgan fingerprint density at radius 1 is 0.963 bits per heavy atom. The zero-order chi connectivity index (χ0) is 19.0. The van der Waals surface area contributed by atoms with E-state index in [1.165, 1.54) is 11.1 Å². The second kappa shape index (κ2) is 6.83. The number of rotatable bonds is 4. The molecule has 0 radical (unpaired) electrons. The molecule has 1 aliphatic rings. The molecule has 2 N–H and O–H groups in total. The lowest BCUT2D eigenvalue weighted by molar-refractivity contribution is 0.356. The first-order chi connectivity index (χ1) is 13.1. The van der Waals surface area contributed by atoms with Gasteiger partial charge in [0.2, 0.25) is 5.95 Å². The van der Waals surface area contributed by atoms with Crippen molar-refractivity contribution in [3.05, 3.63) is 41.5 Å². The van der Waals surface area contributed by atoms with Crippen LogP contribution in [-0.2, 0) is 13.0 Å². The van der Waals surface area contributed by atoms with Gasteiger partial charge < -0.3 is 24.8 Å². The van der Waals surface area contributed by atoms with Crippen molar-refractivity contribution in [1.82, 2.24) is 9.97 Å². The molecular formula is C20H22N4O3. The molecule has 0 bridgehead atoms. The molecule has 7 nitrogen and oxygen atoms in total. The van der Waals surface area contributed by atoms with Gasteiger partial charge in [0.05, 0.1) is 26.8 Å². The molecule has 1 aromatic heterocycles. The zero-order valence-electron chi connectivity index (χ0n) is 15.7. The summed E-state index contributed by atoms with van der Waals surface area (Å²) in [7, 11) is 4.88. The van der Waals surface area contributed by atoms with Crippen LogP contribution < -0.4 is 24.8 Å². The molecule has 4 rings (SSSR count). The van der Waals surface area contributed by atoms with Crippen LogP contribution in [-0.4, -0.2) is 37.8 Å². The molecular weight excluding hydrogens is 344 g/mol. The quantitative estimate of drug-likeness (QED) is 0.760. The van der Waals surface area contributed by atoms with Gasteiger partial charge in [0.25, 0.3) is 0 Å².